The van der Waals surface area contributed by atoms with E-state index in [2.05, 4.69) is 11.6 Å². The Balaban J connectivity index is 2.00. The molecule has 0 N–H and O–H groups in total. The fraction of sp³-hybridized carbons (Fsp3) is 0.278. The van der Waals surface area contributed by atoms with Gasteiger partial charge in [0.25, 0.3) is 5.56 Å². The van der Waals surface area contributed by atoms with E-state index in [0.717, 1.165) is 11.3 Å². The molecule has 7 nitrogen and oxygen atoms in total. The molecule has 0 atom stereocenters. The van der Waals surface area contributed by atoms with Crippen LogP contribution >= 0.6 is 11.6 Å². The number of nitrogens with zero attached hydrogens (tertiary/aromatic N) is 5. The van der Waals surface area contributed by atoms with E-state index in [1.165, 1.54) is 15.2 Å². The van der Waals surface area contributed by atoms with Crippen molar-refractivity contribution >= 4 is 34.4 Å². The summed E-state index contributed by atoms with van der Waals surface area (Å²) in [6, 6.07) is 5.69. The molecule has 0 radical (unpaired) electrons. The Bertz CT molecular complexity index is 1170. The third kappa shape index (κ3) is 2.24. The number of imidazole rings is 1. The zero-order valence-corrected chi connectivity index (χ0v) is 15.3. The molecule has 1 aliphatic heterocycles. The van der Waals surface area contributed by atoms with Gasteiger partial charge < -0.3 is 9.47 Å². The lowest BCUT2D eigenvalue weighted by atomic mass is 10.2. The van der Waals surface area contributed by atoms with Gasteiger partial charge >= 0.3 is 5.69 Å². The second-order valence-electron chi connectivity index (χ2n) is 6.36. The van der Waals surface area contributed by atoms with Gasteiger partial charge in [0.2, 0.25) is 5.95 Å². The zero-order valence-electron chi connectivity index (χ0n) is 14.6. The predicted molar refractivity (Wildman–Crippen MR) is 103 cm³/mol. The molecule has 0 aliphatic carbocycles. The highest BCUT2D eigenvalue weighted by atomic mass is 35.5. The van der Waals surface area contributed by atoms with Gasteiger partial charge in [0.15, 0.2) is 11.2 Å². The van der Waals surface area contributed by atoms with Crippen LogP contribution < -0.4 is 16.1 Å². The molecule has 2 aromatic heterocycles. The van der Waals surface area contributed by atoms with Gasteiger partial charge in [-0.2, -0.15) is 4.98 Å². The van der Waals surface area contributed by atoms with Crippen molar-refractivity contribution in [3.8, 4) is 0 Å². The van der Waals surface area contributed by atoms with Gasteiger partial charge in [0.05, 0.1) is 0 Å². The van der Waals surface area contributed by atoms with Crippen LogP contribution in [0.4, 0.5) is 11.6 Å². The molecule has 0 fully saturated rings. The average Bonchev–Trinajstić information content (AvgIpc) is 3.18. The Morgan fingerprint density at radius 1 is 1.31 bits per heavy atom. The summed E-state index contributed by atoms with van der Waals surface area (Å²) in [5.74, 6) is 0.647. The lowest BCUT2D eigenvalue weighted by Gasteiger charge is -2.18. The highest BCUT2D eigenvalue weighted by Gasteiger charge is 2.29. The van der Waals surface area contributed by atoms with Crippen LogP contribution in [0.1, 0.15) is 5.56 Å². The lowest BCUT2D eigenvalue weighted by molar-refractivity contribution is 0.662. The van der Waals surface area contributed by atoms with Crippen molar-refractivity contribution in [1.29, 1.82) is 0 Å². The Morgan fingerprint density at radius 2 is 2.08 bits per heavy atom. The highest BCUT2D eigenvalue weighted by molar-refractivity contribution is 6.30. The number of benzene rings is 1. The van der Waals surface area contributed by atoms with Crippen LogP contribution in [0.3, 0.4) is 0 Å². The lowest BCUT2D eigenvalue weighted by Crippen LogP contribution is -2.39. The van der Waals surface area contributed by atoms with Crippen LogP contribution in [0.15, 0.2) is 40.4 Å². The number of hydrogen-bond acceptors (Lipinski definition) is 4. The fourth-order valence-electron chi connectivity index (χ4n) is 3.47. The number of aromatic nitrogens is 4. The maximum absolute atomic E-state index is 12.9. The Labute approximate surface area is 154 Å². The first-order valence-electron chi connectivity index (χ1n) is 8.28. The second kappa shape index (κ2) is 5.88. The number of aryl methyl sites for hydroxylation is 2. The van der Waals surface area contributed by atoms with Crippen molar-refractivity contribution < 1.29 is 0 Å². The Kier molecular flexibility index (Phi) is 3.77. The molecule has 0 saturated carbocycles. The van der Waals surface area contributed by atoms with Gasteiger partial charge in [0.1, 0.15) is 0 Å². The molecule has 26 heavy (non-hydrogen) atoms. The van der Waals surface area contributed by atoms with Crippen molar-refractivity contribution in [3.63, 3.8) is 0 Å². The van der Waals surface area contributed by atoms with Crippen molar-refractivity contribution in [2.45, 2.75) is 20.0 Å². The fourth-order valence-corrected chi connectivity index (χ4v) is 3.64. The van der Waals surface area contributed by atoms with E-state index in [-0.39, 0.29) is 12.1 Å². The smallest absolute Gasteiger partial charge is 0.310 e. The van der Waals surface area contributed by atoms with Crippen molar-refractivity contribution in [2.24, 2.45) is 7.05 Å². The SMILES string of the molecule is C=CCn1c(=O)c2c(nc3n2CCN3c2cc(Cl)ccc2C)n(C)c1=O. The van der Waals surface area contributed by atoms with Crippen molar-refractivity contribution in [2.75, 3.05) is 11.4 Å². The van der Waals surface area contributed by atoms with Crippen LogP contribution in [-0.4, -0.2) is 25.2 Å². The summed E-state index contributed by atoms with van der Waals surface area (Å²) in [4.78, 5) is 32.0. The van der Waals surface area contributed by atoms with E-state index in [9.17, 15) is 9.59 Å². The topological polar surface area (TPSA) is 65.1 Å². The van der Waals surface area contributed by atoms with Crippen molar-refractivity contribution in [3.05, 3.63) is 62.3 Å². The summed E-state index contributed by atoms with van der Waals surface area (Å²) in [7, 11) is 1.63. The summed E-state index contributed by atoms with van der Waals surface area (Å²) in [5.41, 5.74) is 2.10. The van der Waals surface area contributed by atoms with Crippen LogP contribution in [0.25, 0.3) is 11.2 Å². The van der Waals surface area contributed by atoms with E-state index in [1.54, 1.807) is 7.05 Å². The minimum Gasteiger partial charge on any atom is -0.310 e. The molecule has 3 heterocycles. The molecular weight excluding hydrogens is 354 g/mol. The van der Waals surface area contributed by atoms with E-state index < -0.39 is 5.69 Å². The number of fused-ring (bicyclic) bond motifs is 3. The summed E-state index contributed by atoms with van der Waals surface area (Å²) < 4.78 is 4.46. The van der Waals surface area contributed by atoms with Gasteiger partial charge in [0, 0.05) is 37.4 Å². The molecule has 0 spiro atoms. The van der Waals surface area contributed by atoms with Gasteiger partial charge in [-0.25, -0.2) is 4.79 Å². The summed E-state index contributed by atoms with van der Waals surface area (Å²) in [6.45, 7) is 7.09. The minimum atomic E-state index is -0.398. The second-order valence-corrected chi connectivity index (χ2v) is 6.80. The summed E-state index contributed by atoms with van der Waals surface area (Å²) in [6.07, 6.45) is 1.54. The molecule has 3 aromatic rings. The normalized spacial score (nSPS) is 13.4. The van der Waals surface area contributed by atoms with Crippen LogP contribution in [-0.2, 0) is 20.1 Å². The van der Waals surface area contributed by atoms with E-state index in [1.807, 2.05) is 34.6 Å². The minimum absolute atomic E-state index is 0.166. The third-order valence-electron chi connectivity index (χ3n) is 4.77. The molecule has 134 valence electrons. The van der Waals surface area contributed by atoms with Gasteiger partial charge in [-0.15, -0.1) is 6.58 Å². The first-order chi connectivity index (χ1) is 12.4. The monoisotopic (exact) mass is 371 g/mol. The number of hydrogen-bond donors (Lipinski definition) is 0. The number of rotatable bonds is 3. The number of halogens is 1. The largest absolute Gasteiger partial charge is 0.332 e. The van der Waals surface area contributed by atoms with E-state index in [4.69, 9.17) is 11.6 Å². The molecular formula is C18H18ClN5O2. The standard InChI is InChI=1S/C18H18ClN5O2/c1-4-7-24-16(25)14-15(21(3)18(24)26)20-17-22(8-9-23(14)17)13-10-12(19)6-5-11(13)2/h4-6,10H,1,7-9H2,2-3H3. The quantitative estimate of drug-likeness (QED) is 0.662. The first-order valence-corrected chi connectivity index (χ1v) is 8.66. The zero-order chi connectivity index (χ0) is 18.6. The molecule has 1 aromatic carbocycles. The maximum atomic E-state index is 12.9. The Hall–Kier alpha value is -2.80. The highest BCUT2D eigenvalue weighted by Crippen LogP contribution is 2.34. The van der Waals surface area contributed by atoms with Gasteiger partial charge in [-0.3, -0.25) is 13.9 Å². The summed E-state index contributed by atoms with van der Waals surface area (Å²) in [5, 5.41) is 0.640. The van der Waals surface area contributed by atoms with E-state index in [0.29, 0.717) is 35.2 Å². The molecule has 4 rings (SSSR count). The summed E-state index contributed by atoms with van der Waals surface area (Å²) >= 11 is 6.17. The Morgan fingerprint density at radius 3 is 2.81 bits per heavy atom. The number of anilines is 2. The van der Waals surface area contributed by atoms with E-state index >= 15 is 0 Å². The number of allylic oxidation sites excluding steroid dienone is 1. The van der Waals surface area contributed by atoms with Gasteiger partial charge in [-0.1, -0.05) is 23.7 Å². The van der Waals surface area contributed by atoms with Gasteiger partial charge in [-0.05, 0) is 24.6 Å². The first kappa shape index (κ1) is 16.7. The van der Waals surface area contributed by atoms with Crippen LogP contribution in [0.2, 0.25) is 5.02 Å². The molecule has 0 saturated heterocycles. The van der Waals surface area contributed by atoms with Crippen LogP contribution in [0, 0.1) is 6.92 Å². The molecule has 0 bridgehead atoms. The predicted octanol–water partition coefficient (Wildman–Crippen LogP) is 2.20. The van der Waals surface area contributed by atoms with Crippen molar-refractivity contribution in [1.82, 2.24) is 18.7 Å². The average molecular weight is 372 g/mol. The maximum Gasteiger partial charge on any atom is 0.332 e. The van der Waals surface area contributed by atoms with Crippen LogP contribution in [0.5, 0.6) is 0 Å². The molecule has 1 aliphatic rings. The molecule has 0 unspecified atom stereocenters. The molecule has 0 amide bonds. The third-order valence-corrected chi connectivity index (χ3v) is 5.01. The molecule has 8 heteroatoms.